The number of rotatable bonds is 9. The first-order chi connectivity index (χ1) is 18.0. The van der Waals surface area contributed by atoms with E-state index in [1.54, 1.807) is 51.5 Å². The molecule has 1 heterocycles. The molecule has 0 fully saturated rings. The van der Waals surface area contributed by atoms with Crippen molar-refractivity contribution in [3.63, 3.8) is 0 Å². The minimum atomic E-state index is -0.377. The van der Waals surface area contributed by atoms with Crippen molar-refractivity contribution in [3.05, 3.63) is 95.1 Å². The van der Waals surface area contributed by atoms with E-state index in [-0.39, 0.29) is 24.5 Å². The van der Waals surface area contributed by atoms with Gasteiger partial charge in [0, 0.05) is 12.6 Å². The van der Waals surface area contributed by atoms with Crippen LogP contribution in [0.15, 0.2) is 72.8 Å². The Labute approximate surface area is 217 Å². The molecule has 7 nitrogen and oxygen atoms in total. The number of methoxy groups -OCH3 is 2. The van der Waals surface area contributed by atoms with Crippen LogP contribution in [0, 0.1) is 0 Å². The molecular formula is C30H31NO6. The Morgan fingerprint density at radius 3 is 2.35 bits per heavy atom. The zero-order valence-electron chi connectivity index (χ0n) is 21.3. The maximum Gasteiger partial charge on any atom is 0.338 e. The van der Waals surface area contributed by atoms with Gasteiger partial charge in [-0.1, -0.05) is 30.3 Å². The van der Waals surface area contributed by atoms with Crippen molar-refractivity contribution in [2.75, 3.05) is 34.0 Å². The Kier molecular flexibility index (Phi) is 8.46. The monoisotopic (exact) mass is 501 g/mol. The number of ether oxygens (including phenoxy) is 4. The lowest BCUT2D eigenvalue weighted by molar-refractivity contribution is -0.129. The predicted octanol–water partition coefficient (Wildman–Crippen LogP) is 5.10. The molecule has 192 valence electrons. The van der Waals surface area contributed by atoms with Crippen molar-refractivity contribution in [1.29, 1.82) is 0 Å². The van der Waals surface area contributed by atoms with Gasteiger partial charge in [0.1, 0.15) is 12.4 Å². The van der Waals surface area contributed by atoms with Crippen molar-refractivity contribution in [2.24, 2.45) is 0 Å². The Morgan fingerprint density at radius 1 is 0.973 bits per heavy atom. The van der Waals surface area contributed by atoms with Crippen LogP contribution in [0.25, 0.3) is 6.08 Å². The SMILES string of the molecule is CCOC(=O)c1ccc(OCC2c3cc(OC)c(OC)cc3CCN2C(=O)/C=C/c2ccccc2)cc1. The topological polar surface area (TPSA) is 74.3 Å². The molecular weight excluding hydrogens is 470 g/mol. The van der Waals surface area contributed by atoms with E-state index in [0.29, 0.717) is 42.4 Å². The van der Waals surface area contributed by atoms with Gasteiger partial charge in [0.25, 0.3) is 0 Å². The molecule has 0 radical (unpaired) electrons. The Bertz CT molecular complexity index is 1250. The lowest BCUT2D eigenvalue weighted by atomic mass is 9.92. The number of nitrogens with zero attached hydrogens (tertiary/aromatic N) is 1. The number of fused-ring (bicyclic) bond motifs is 1. The molecule has 3 aromatic carbocycles. The first kappa shape index (κ1) is 25.8. The van der Waals surface area contributed by atoms with Gasteiger partial charge in [-0.15, -0.1) is 0 Å². The molecule has 37 heavy (non-hydrogen) atoms. The normalized spacial score (nSPS) is 14.7. The van der Waals surface area contributed by atoms with Crippen LogP contribution in [0.5, 0.6) is 17.2 Å². The Morgan fingerprint density at radius 2 is 1.68 bits per heavy atom. The molecule has 1 amide bonds. The first-order valence-corrected chi connectivity index (χ1v) is 12.2. The summed E-state index contributed by atoms with van der Waals surface area (Å²) >= 11 is 0. The molecule has 0 aromatic heterocycles. The Balaban J connectivity index is 1.59. The molecule has 0 bridgehead atoms. The Hall–Kier alpha value is -4.26. The molecule has 1 aliphatic heterocycles. The molecule has 0 saturated heterocycles. The van der Waals surface area contributed by atoms with Gasteiger partial charge in [0.2, 0.25) is 5.91 Å². The first-order valence-electron chi connectivity index (χ1n) is 12.2. The molecule has 1 atom stereocenters. The maximum atomic E-state index is 13.3. The maximum absolute atomic E-state index is 13.3. The van der Waals surface area contributed by atoms with Gasteiger partial charge in [-0.05, 0) is 72.5 Å². The third-order valence-corrected chi connectivity index (χ3v) is 6.28. The standard InChI is InChI=1S/C30H31NO6/c1-4-36-30(33)22-11-13-24(14-12-22)37-20-26-25-19-28(35-3)27(34-2)18-23(25)16-17-31(26)29(32)15-10-21-8-6-5-7-9-21/h5-15,18-19,26H,4,16-17,20H2,1-3H3/b15-10+. The van der Waals surface area contributed by atoms with Crippen molar-refractivity contribution in [1.82, 2.24) is 4.90 Å². The molecule has 0 spiro atoms. The lowest BCUT2D eigenvalue weighted by Crippen LogP contribution is -2.41. The summed E-state index contributed by atoms with van der Waals surface area (Å²) in [4.78, 5) is 27.1. The number of amides is 1. The highest BCUT2D eigenvalue weighted by atomic mass is 16.5. The second kappa shape index (κ2) is 12.1. The summed E-state index contributed by atoms with van der Waals surface area (Å²) in [5, 5.41) is 0. The second-order valence-electron chi connectivity index (χ2n) is 8.50. The number of carbonyl (C=O) groups is 2. The summed E-state index contributed by atoms with van der Waals surface area (Å²) in [6.45, 7) is 2.85. The average Bonchev–Trinajstić information content (AvgIpc) is 2.94. The highest BCUT2D eigenvalue weighted by Crippen LogP contribution is 2.38. The van der Waals surface area contributed by atoms with Crippen LogP contribution in [-0.2, 0) is 16.0 Å². The van der Waals surface area contributed by atoms with Crippen LogP contribution in [0.2, 0.25) is 0 Å². The third-order valence-electron chi connectivity index (χ3n) is 6.28. The smallest absolute Gasteiger partial charge is 0.338 e. The summed E-state index contributed by atoms with van der Waals surface area (Å²) in [5.74, 6) is 1.36. The number of hydrogen-bond acceptors (Lipinski definition) is 6. The van der Waals surface area contributed by atoms with Gasteiger partial charge in [0.05, 0.1) is 32.4 Å². The largest absolute Gasteiger partial charge is 0.493 e. The van der Waals surface area contributed by atoms with Crippen LogP contribution >= 0.6 is 0 Å². The zero-order valence-corrected chi connectivity index (χ0v) is 21.3. The number of esters is 1. The molecule has 1 aliphatic rings. The highest BCUT2D eigenvalue weighted by Gasteiger charge is 2.32. The fourth-order valence-corrected chi connectivity index (χ4v) is 4.38. The summed E-state index contributed by atoms with van der Waals surface area (Å²) in [7, 11) is 3.20. The van der Waals surface area contributed by atoms with Crippen LogP contribution in [0.1, 0.15) is 40.0 Å². The van der Waals surface area contributed by atoms with Gasteiger partial charge < -0.3 is 23.8 Å². The fraction of sp³-hybridized carbons (Fsp3) is 0.267. The molecule has 0 N–H and O–H groups in total. The van der Waals surface area contributed by atoms with E-state index in [2.05, 4.69) is 0 Å². The van der Waals surface area contributed by atoms with E-state index in [9.17, 15) is 9.59 Å². The number of hydrogen-bond donors (Lipinski definition) is 0. The highest BCUT2D eigenvalue weighted by molar-refractivity contribution is 5.92. The van der Waals surface area contributed by atoms with Crippen LogP contribution in [0.3, 0.4) is 0 Å². The van der Waals surface area contributed by atoms with Gasteiger partial charge >= 0.3 is 5.97 Å². The van der Waals surface area contributed by atoms with E-state index >= 15 is 0 Å². The third kappa shape index (κ3) is 6.12. The average molecular weight is 502 g/mol. The second-order valence-corrected chi connectivity index (χ2v) is 8.50. The molecule has 1 unspecified atom stereocenters. The van der Waals surface area contributed by atoms with Crippen LogP contribution in [0.4, 0.5) is 0 Å². The minimum Gasteiger partial charge on any atom is -0.493 e. The quantitative estimate of drug-likeness (QED) is 0.300. The molecule has 0 saturated carbocycles. The van der Waals surface area contributed by atoms with Gasteiger partial charge in [0.15, 0.2) is 11.5 Å². The van der Waals surface area contributed by atoms with Crippen molar-refractivity contribution < 1.29 is 28.5 Å². The van der Waals surface area contributed by atoms with Gasteiger partial charge in [-0.25, -0.2) is 4.79 Å². The van der Waals surface area contributed by atoms with Crippen molar-refractivity contribution in [3.8, 4) is 17.2 Å². The molecule has 0 aliphatic carbocycles. The van der Waals surface area contributed by atoms with E-state index in [1.807, 2.05) is 53.4 Å². The van der Waals surface area contributed by atoms with E-state index in [1.165, 1.54) is 0 Å². The fourth-order valence-electron chi connectivity index (χ4n) is 4.38. The van der Waals surface area contributed by atoms with Crippen molar-refractivity contribution >= 4 is 18.0 Å². The number of benzene rings is 3. The van der Waals surface area contributed by atoms with E-state index < -0.39 is 0 Å². The van der Waals surface area contributed by atoms with Gasteiger partial charge in [-0.3, -0.25) is 4.79 Å². The summed E-state index contributed by atoms with van der Waals surface area (Å²) in [6.07, 6.45) is 4.10. The summed E-state index contributed by atoms with van der Waals surface area (Å²) in [5.41, 5.74) is 3.44. The molecule has 4 rings (SSSR count). The summed E-state index contributed by atoms with van der Waals surface area (Å²) < 4.78 is 22.2. The molecule has 3 aromatic rings. The van der Waals surface area contributed by atoms with Crippen molar-refractivity contribution in [2.45, 2.75) is 19.4 Å². The molecule has 7 heteroatoms. The van der Waals surface area contributed by atoms with E-state index in [0.717, 1.165) is 16.7 Å². The van der Waals surface area contributed by atoms with Gasteiger partial charge in [-0.2, -0.15) is 0 Å². The predicted molar refractivity (Wildman–Crippen MR) is 141 cm³/mol. The number of carbonyl (C=O) groups excluding carboxylic acids is 2. The zero-order chi connectivity index (χ0) is 26.2. The van der Waals surface area contributed by atoms with Crippen LogP contribution < -0.4 is 14.2 Å². The summed E-state index contributed by atoms with van der Waals surface area (Å²) in [6, 6.07) is 20.1. The minimum absolute atomic E-state index is 0.101. The van der Waals surface area contributed by atoms with E-state index in [4.69, 9.17) is 18.9 Å². The van der Waals surface area contributed by atoms with Crippen LogP contribution in [-0.4, -0.2) is 50.8 Å². The lowest BCUT2D eigenvalue weighted by Gasteiger charge is -2.37.